The fourth-order valence-corrected chi connectivity index (χ4v) is 1.27. The summed E-state index contributed by atoms with van der Waals surface area (Å²) in [7, 11) is 0.138. The fraction of sp³-hybridized carbons (Fsp3) is 0.444. The van der Waals surface area contributed by atoms with Gasteiger partial charge in [0.2, 0.25) is 5.87 Å². The Bertz CT molecular complexity index is 217. The largest absolute Gasteiger partial charge is 0.489 e. The van der Waals surface area contributed by atoms with Crippen LogP contribution in [-0.2, 0) is 0 Å². The van der Waals surface area contributed by atoms with E-state index in [0.29, 0.717) is 0 Å². The molecule has 12 heavy (non-hydrogen) atoms. The highest BCUT2D eigenvalue weighted by Crippen LogP contribution is 2.33. The first-order chi connectivity index (χ1) is 5.44. The van der Waals surface area contributed by atoms with Crippen LogP contribution in [0.3, 0.4) is 0 Å². The highest BCUT2D eigenvalue weighted by molar-refractivity contribution is 6.74. The molecule has 0 aromatic carbocycles. The number of allylic oxidation sites excluding steroid dienone is 3. The molecule has 66 valence electrons. The Morgan fingerprint density at radius 3 is 2.33 bits per heavy atom. The van der Waals surface area contributed by atoms with Crippen LogP contribution >= 0.6 is 0 Å². The molecule has 0 amide bonds. The van der Waals surface area contributed by atoms with Crippen molar-refractivity contribution in [2.75, 3.05) is 0 Å². The third-order valence-corrected chi connectivity index (χ3v) is 1.91. The second-order valence-corrected chi connectivity index (χ2v) is 3.40. The predicted molar refractivity (Wildman–Crippen MR) is 53.2 cm³/mol. The van der Waals surface area contributed by atoms with Crippen molar-refractivity contribution in [2.24, 2.45) is 0 Å². The zero-order valence-corrected chi connectivity index (χ0v) is 7.92. The predicted octanol–water partition coefficient (Wildman–Crippen LogP) is 2.43. The standard InChI is InChI=1S/C9H15BO2/c1-5-7(6-2)9(3,4)10-8(11)12/h5-6,10H,1H2,2-4H3,(H,11,12)/b7-6+. The van der Waals surface area contributed by atoms with Gasteiger partial charge in [-0.25, -0.2) is 0 Å². The molecule has 3 heteroatoms. The summed E-state index contributed by atoms with van der Waals surface area (Å²) in [5.74, 6) is -0.777. The molecule has 0 aromatic rings. The van der Waals surface area contributed by atoms with E-state index in [1.165, 1.54) is 0 Å². The van der Waals surface area contributed by atoms with Gasteiger partial charge in [0.05, 0.1) is 0 Å². The Kier molecular flexibility index (Phi) is 3.80. The van der Waals surface area contributed by atoms with Crippen LogP contribution in [0.2, 0.25) is 5.31 Å². The van der Waals surface area contributed by atoms with E-state index in [1.54, 1.807) is 6.08 Å². The van der Waals surface area contributed by atoms with Gasteiger partial charge in [-0.05, 0) is 12.2 Å². The van der Waals surface area contributed by atoms with Gasteiger partial charge in [0.15, 0.2) is 0 Å². The van der Waals surface area contributed by atoms with E-state index >= 15 is 0 Å². The quantitative estimate of drug-likeness (QED) is 0.514. The first-order valence-electron chi connectivity index (χ1n) is 3.95. The van der Waals surface area contributed by atoms with E-state index < -0.39 is 5.87 Å². The second kappa shape index (κ2) is 4.14. The van der Waals surface area contributed by atoms with Gasteiger partial charge in [0.1, 0.15) is 0 Å². The van der Waals surface area contributed by atoms with Crippen LogP contribution in [0.1, 0.15) is 20.8 Å². The summed E-state index contributed by atoms with van der Waals surface area (Å²) in [4.78, 5) is 10.5. The van der Waals surface area contributed by atoms with Crippen molar-refractivity contribution in [2.45, 2.75) is 26.1 Å². The Labute approximate surface area is 74.2 Å². The van der Waals surface area contributed by atoms with Gasteiger partial charge in [0, 0.05) is 0 Å². The van der Waals surface area contributed by atoms with Crippen LogP contribution in [-0.4, -0.2) is 18.3 Å². The maximum Gasteiger partial charge on any atom is 0.270 e. The first-order valence-corrected chi connectivity index (χ1v) is 3.95. The highest BCUT2D eigenvalue weighted by Gasteiger charge is 2.26. The van der Waals surface area contributed by atoms with Crippen molar-refractivity contribution < 1.29 is 9.90 Å². The maximum absolute atomic E-state index is 10.5. The van der Waals surface area contributed by atoms with Crippen molar-refractivity contribution in [3.63, 3.8) is 0 Å². The summed E-state index contributed by atoms with van der Waals surface area (Å²) >= 11 is 0. The number of rotatable bonds is 4. The minimum absolute atomic E-state index is 0.138. The molecule has 0 atom stereocenters. The Morgan fingerprint density at radius 1 is 1.58 bits per heavy atom. The molecule has 0 saturated carbocycles. The van der Waals surface area contributed by atoms with Crippen LogP contribution in [0.5, 0.6) is 0 Å². The van der Waals surface area contributed by atoms with E-state index in [0.717, 1.165) is 5.57 Å². The molecule has 2 nitrogen and oxygen atoms in total. The maximum atomic E-state index is 10.5. The Balaban J connectivity index is 4.58. The zero-order valence-electron chi connectivity index (χ0n) is 7.92. The van der Waals surface area contributed by atoms with Crippen LogP contribution in [0.4, 0.5) is 4.79 Å². The van der Waals surface area contributed by atoms with E-state index in [2.05, 4.69) is 6.58 Å². The summed E-state index contributed by atoms with van der Waals surface area (Å²) in [6.07, 6.45) is 3.61. The van der Waals surface area contributed by atoms with Crippen LogP contribution < -0.4 is 0 Å². The van der Waals surface area contributed by atoms with Crippen molar-refractivity contribution in [1.29, 1.82) is 0 Å². The Morgan fingerprint density at radius 2 is 2.08 bits per heavy atom. The highest BCUT2D eigenvalue weighted by atomic mass is 16.4. The van der Waals surface area contributed by atoms with E-state index in [4.69, 9.17) is 5.11 Å². The molecule has 0 radical (unpaired) electrons. The lowest BCUT2D eigenvalue weighted by Crippen LogP contribution is -2.21. The molecule has 0 fully saturated rings. The van der Waals surface area contributed by atoms with Gasteiger partial charge in [-0.15, -0.1) is 0 Å². The summed E-state index contributed by atoms with van der Waals surface area (Å²) in [5, 5.41) is 8.31. The number of carboxylic acid groups (broad SMARTS) is 1. The van der Waals surface area contributed by atoms with Crippen molar-refractivity contribution in [3.05, 3.63) is 24.3 Å². The molecule has 0 rings (SSSR count). The lowest BCUT2D eigenvalue weighted by atomic mass is 9.51. The van der Waals surface area contributed by atoms with Gasteiger partial charge < -0.3 is 5.11 Å². The second-order valence-electron chi connectivity index (χ2n) is 3.40. The third kappa shape index (κ3) is 2.95. The molecule has 0 aliphatic heterocycles. The summed E-state index contributed by atoms with van der Waals surface area (Å²) in [6.45, 7) is 9.34. The average molecular weight is 166 g/mol. The molecule has 0 aliphatic rings. The summed E-state index contributed by atoms with van der Waals surface area (Å²) in [6, 6.07) is 0. The van der Waals surface area contributed by atoms with Gasteiger partial charge >= 0.3 is 0 Å². The lowest BCUT2D eigenvalue weighted by molar-refractivity contribution is 0.219. The normalized spacial score (nSPS) is 12.4. The molecular formula is C9H15BO2. The number of hydrogen-bond donors (Lipinski definition) is 1. The molecule has 0 aromatic heterocycles. The van der Waals surface area contributed by atoms with E-state index in [9.17, 15) is 4.79 Å². The van der Waals surface area contributed by atoms with Gasteiger partial charge in [0.25, 0.3) is 7.28 Å². The van der Waals surface area contributed by atoms with Crippen LogP contribution in [0.25, 0.3) is 0 Å². The number of carbonyl (C=O) groups is 1. The van der Waals surface area contributed by atoms with Crippen molar-refractivity contribution in [3.8, 4) is 0 Å². The monoisotopic (exact) mass is 166 g/mol. The molecule has 0 heterocycles. The van der Waals surface area contributed by atoms with Crippen LogP contribution in [0, 0.1) is 0 Å². The minimum Gasteiger partial charge on any atom is -0.489 e. The van der Waals surface area contributed by atoms with Gasteiger partial charge in [-0.3, -0.25) is 4.79 Å². The SMILES string of the molecule is C=C/C(=C\C)C(C)(C)BC(=O)O. The molecule has 0 aliphatic carbocycles. The summed E-state index contributed by atoms with van der Waals surface area (Å²) in [5.41, 5.74) is 0.977. The molecule has 1 N–H and O–H groups in total. The number of hydrogen-bond acceptors (Lipinski definition) is 1. The van der Waals surface area contributed by atoms with Gasteiger partial charge in [-0.2, -0.15) is 0 Å². The lowest BCUT2D eigenvalue weighted by Gasteiger charge is -2.22. The fourth-order valence-electron chi connectivity index (χ4n) is 1.27. The topological polar surface area (TPSA) is 37.3 Å². The summed E-state index contributed by atoms with van der Waals surface area (Å²) < 4.78 is 0. The minimum atomic E-state index is -0.777. The van der Waals surface area contributed by atoms with Crippen molar-refractivity contribution >= 4 is 13.1 Å². The Hall–Kier alpha value is -0.985. The average Bonchev–Trinajstić information content (AvgIpc) is 1.85. The molecular weight excluding hydrogens is 151 g/mol. The van der Waals surface area contributed by atoms with E-state index in [1.807, 2.05) is 26.8 Å². The smallest absolute Gasteiger partial charge is 0.270 e. The van der Waals surface area contributed by atoms with Crippen molar-refractivity contribution in [1.82, 2.24) is 0 Å². The third-order valence-electron chi connectivity index (χ3n) is 1.91. The first kappa shape index (κ1) is 11.0. The molecule has 0 spiro atoms. The molecule has 0 bridgehead atoms. The zero-order chi connectivity index (χ0) is 9.78. The molecule has 0 unspecified atom stereocenters. The molecule has 0 saturated heterocycles. The van der Waals surface area contributed by atoms with Gasteiger partial charge in [-0.1, -0.05) is 38.2 Å². The van der Waals surface area contributed by atoms with E-state index in [-0.39, 0.29) is 12.6 Å². The van der Waals surface area contributed by atoms with Crippen LogP contribution in [0.15, 0.2) is 24.3 Å².